The Balaban J connectivity index is 1.42. The smallest absolute Gasteiger partial charge is 0.389 e. The van der Waals surface area contributed by atoms with Gasteiger partial charge >= 0.3 is 6.18 Å². The number of alkyl halides is 3. The van der Waals surface area contributed by atoms with E-state index in [1.54, 1.807) is 24.4 Å². The van der Waals surface area contributed by atoms with Gasteiger partial charge in [0.15, 0.2) is 0 Å². The molecular formula is C23H28F3N5O3S. The Kier molecular flexibility index (Phi) is 7.50. The normalized spacial score (nSPS) is 19.1. The number of hydrogen-bond donors (Lipinski definition) is 2. The van der Waals surface area contributed by atoms with Crippen LogP contribution in [0.15, 0.2) is 42.7 Å². The second-order valence-corrected chi connectivity index (χ2v) is 10.5. The maximum absolute atomic E-state index is 12.4. The molecule has 4 rings (SSSR count). The fourth-order valence-corrected chi connectivity index (χ4v) is 5.15. The molecule has 3 aromatic rings. The van der Waals surface area contributed by atoms with Crippen LogP contribution in [-0.2, 0) is 10.0 Å². The molecule has 0 atom stereocenters. The Morgan fingerprint density at radius 1 is 1.11 bits per heavy atom. The molecule has 1 aliphatic rings. The second kappa shape index (κ2) is 10.4. The highest BCUT2D eigenvalue weighted by Crippen LogP contribution is 2.29. The van der Waals surface area contributed by atoms with Crippen molar-refractivity contribution >= 4 is 26.9 Å². The number of anilines is 1. The zero-order valence-electron chi connectivity index (χ0n) is 19.3. The van der Waals surface area contributed by atoms with Gasteiger partial charge < -0.3 is 14.6 Å². The summed E-state index contributed by atoms with van der Waals surface area (Å²) in [5.41, 5.74) is 0.815. The Labute approximate surface area is 202 Å². The van der Waals surface area contributed by atoms with Gasteiger partial charge in [0.25, 0.3) is 0 Å². The largest absolute Gasteiger partial charge is 0.493 e. The van der Waals surface area contributed by atoms with E-state index in [9.17, 15) is 21.6 Å². The average molecular weight is 512 g/mol. The Hall–Kier alpha value is -2.86. The van der Waals surface area contributed by atoms with Gasteiger partial charge in [-0.15, -0.1) is 0 Å². The molecule has 0 unspecified atom stereocenters. The minimum Gasteiger partial charge on any atom is -0.493 e. The fraction of sp³-hybridized carbons (Fsp3) is 0.478. The Bertz CT molecular complexity index is 1250. The highest BCUT2D eigenvalue weighted by Gasteiger charge is 2.26. The van der Waals surface area contributed by atoms with Gasteiger partial charge in [-0.2, -0.15) is 18.2 Å². The number of halogens is 3. The maximum Gasteiger partial charge on any atom is 0.389 e. The Morgan fingerprint density at radius 3 is 2.57 bits per heavy atom. The van der Waals surface area contributed by atoms with Crippen LogP contribution in [-0.4, -0.2) is 54.1 Å². The highest BCUT2D eigenvalue weighted by molar-refractivity contribution is 7.88. The molecule has 8 nitrogen and oxygen atoms in total. The summed E-state index contributed by atoms with van der Waals surface area (Å²) in [6.07, 6.45) is 2.55. The molecule has 0 saturated heterocycles. The number of sulfonamides is 1. The van der Waals surface area contributed by atoms with Crippen molar-refractivity contribution in [3.63, 3.8) is 0 Å². The molecule has 1 saturated carbocycles. The Morgan fingerprint density at radius 2 is 1.86 bits per heavy atom. The van der Waals surface area contributed by atoms with Crippen molar-refractivity contribution in [1.29, 1.82) is 0 Å². The lowest BCUT2D eigenvalue weighted by molar-refractivity contribution is -0.136. The van der Waals surface area contributed by atoms with E-state index in [1.807, 2.05) is 22.9 Å². The van der Waals surface area contributed by atoms with Gasteiger partial charge in [0, 0.05) is 36.3 Å². The van der Waals surface area contributed by atoms with Crippen LogP contribution < -0.4 is 14.8 Å². The van der Waals surface area contributed by atoms with Crippen molar-refractivity contribution in [3.05, 3.63) is 42.7 Å². The fourth-order valence-electron chi connectivity index (χ4n) is 4.31. The van der Waals surface area contributed by atoms with Crippen LogP contribution in [0.25, 0.3) is 16.7 Å². The van der Waals surface area contributed by atoms with Gasteiger partial charge in [-0.05, 0) is 56.4 Å². The minimum absolute atomic E-state index is 0.0205. The first-order valence-corrected chi connectivity index (χ1v) is 13.3. The van der Waals surface area contributed by atoms with Crippen molar-refractivity contribution in [2.45, 2.75) is 56.8 Å². The maximum atomic E-state index is 12.4. The van der Waals surface area contributed by atoms with E-state index in [1.165, 1.54) is 6.26 Å². The monoisotopic (exact) mass is 511 g/mol. The van der Waals surface area contributed by atoms with Crippen LogP contribution in [0.3, 0.4) is 0 Å². The topological polar surface area (TPSA) is 98.1 Å². The number of aromatic nitrogens is 3. The number of benzene rings is 1. The summed E-state index contributed by atoms with van der Waals surface area (Å²) in [7, 11) is -3.22. The molecule has 0 radical (unpaired) electrons. The summed E-state index contributed by atoms with van der Waals surface area (Å²) in [6, 6.07) is 9.13. The summed E-state index contributed by atoms with van der Waals surface area (Å²) in [5, 5.41) is 4.12. The van der Waals surface area contributed by atoms with Crippen LogP contribution in [0, 0.1) is 0 Å². The third-order valence-corrected chi connectivity index (χ3v) is 6.65. The molecule has 190 valence electrons. The van der Waals surface area contributed by atoms with Crippen molar-refractivity contribution in [1.82, 2.24) is 19.3 Å². The minimum atomic E-state index is -4.19. The molecule has 1 aromatic carbocycles. The molecule has 2 N–H and O–H groups in total. The molecular weight excluding hydrogens is 483 g/mol. The van der Waals surface area contributed by atoms with Crippen LogP contribution >= 0.6 is 0 Å². The van der Waals surface area contributed by atoms with E-state index >= 15 is 0 Å². The van der Waals surface area contributed by atoms with Crippen molar-refractivity contribution < 1.29 is 26.3 Å². The predicted molar refractivity (Wildman–Crippen MR) is 127 cm³/mol. The lowest BCUT2D eigenvalue weighted by atomic mass is 9.92. The third-order valence-electron chi connectivity index (χ3n) is 5.88. The van der Waals surface area contributed by atoms with Crippen molar-refractivity contribution in [2.24, 2.45) is 0 Å². The first-order valence-electron chi connectivity index (χ1n) is 11.4. The molecule has 2 aromatic heterocycles. The van der Waals surface area contributed by atoms with E-state index in [0.29, 0.717) is 17.5 Å². The van der Waals surface area contributed by atoms with Gasteiger partial charge in [0.1, 0.15) is 11.6 Å². The van der Waals surface area contributed by atoms with Crippen LogP contribution in [0.2, 0.25) is 0 Å². The zero-order chi connectivity index (χ0) is 25.1. The van der Waals surface area contributed by atoms with Crippen molar-refractivity contribution in [2.75, 3.05) is 18.2 Å². The van der Waals surface area contributed by atoms with Crippen LogP contribution in [0.5, 0.6) is 5.75 Å². The SMILES string of the molecule is CS(=O)(=O)NC1CCC(Nc2nccc(-n3ccc4c(OCCCC(F)(F)F)cccc43)n2)CC1. The molecule has 0 aliphatic heterocycles. The molecule has 0 spiro atoms. The number of nitrogens with zero attached hydrogens (tertiary/aromatic N) is 3. The van der Waals surface area contributed by atoms with Gasteiger partial charge in [-0.1, -0.05) is 6.07 Å². The molecule has 1 aliphatic carbocycles. The molecule has 2 heterocycles. The number of nitrogens with one attached hydrogen (secondary N) is 2. The van der Waals surface area contributed by atoms with E-state index in [-0.39, 0.29) is 25.1 Å². The van der Waals surface area contributed by atoms with Crippen molar-refractivity contribution in [3.8, 4) is 11.6 Å². The van der Waals surface area contributed by atoms with E-state index in [0.717, 1.165) is 36.6 Å². The molecule has 0 bridgehead atoms. The highest BCUT2D eigenvalue weighted by atomic mass is 32.2. The second-order valence-electron chi connectivity index (χ2n) is 8.76. The number of ether oxygens (including phenoxy) is 1. The quantitative estimate of drug-likeness (QED) is 0.413. The molecule has 1 fully saturated rings. The van der Waals surface area contributed by atoms with E-state index in [2.05, 4.69) is 20.0 Å². The van der Waals surface area contributed by atoms with Gasteiger partial charge in [-0.3, -0.25) is 0 Å². The zero-order valence-corrected chi connectivity index (χ0v) is 20.1. The van der Waals surface area contributed by atoms with Gasteiger partial charge in [0.05, 0.1) is 18.4 Å². The molecule has 12 heteroatoms. The summed E-state index contributed by atoms with van der Waals surface area (Å²) in [5.74, 6) is 1.64. The summed E-state index contributed by atoms with van der Waals surface area (Å²) < 4.78 is 70.2. The predicted octanol–water partition coefficient (Wildman–Crippen LogP) is 4.41. The van der Waals surface area contributed by atoms with Crippen LogP contribution in [0.1, 0.15) is 38.5 Å². The number of fused-ring (bicyclic) bond motifs is 1. The molecule has 35 heavy (non-hydrogen) atoms. The number of rotatable bonds is 9. The number of hydrogen-bond acceptors (Lipinski definition) is 6. The lowest BCUT2D eigenvalue weighted by Crippen LogP contribution is -2.39. The third kappa shape index (κ3) is 7.07. The first-order chi connectivity index (χ1) is 16.6. The standard InChI is InChI=1S/C23H28F3N5O3S/c1-35(32,33)30-17-8-6-16(7-9-17)28-22-27-13-10-21(29-22)31-14-11-18-19(31)4-2-5-20(18)34-15-3-12-23(24,25)26/h2,4-5,10-11,13-14,16-17,30H,3,6-9,12,15H2,1H3,(H,27,28,29). The lowest BCUT2D eigenvalue weighted by Gasteiger charge is -2.29. The summed E-state index contributed by atoms with van der Waals surface area (Å²) in [6.45, 7) is -0.0205. The van der Waals surface area contributed by atoms with Gasteiger partial charge in [0.2, 0.25) is 16.0 Å². The average Bonchev–Trinajstić information content (AvgIpc) is 3.22. The van der Waals surface area contributed by atoms with Crippen LogP contribution in [0.4, 0.5) is 19.1 Å². The summed E-state index contributed by atoms with van der Waals surface area (Å²) in [4.78, 5) is 8.96. The molecule has 0 amide bonds. The van der Waals surface area contributed by atoms with E-state index < -0.39 is 22.6 Å². The first kappa shape index (κ1) is 25.2. The van der Waals surface area contributed by atoms with Gasteiger partial charge in [-0.25, -0.2) is 18.1 Å². The van der Waals surface area contributed by atoms with E-state index in [4.69, 9.17) is 4.74 Å². The summed E-state index contributed by atoms with van der Waals surface area (Å²) >= 11 is 0.